The van der Waals surface area contributed by atoms with Crippen LogP contribution in [0.25, 0.3) is 0 Å². The molecule has 0 spiro atoms. The molecule has 1 aliphatic rings. The van der Waals surface area contributed by atoms with Crippen molar-refractivity contribution < 1.29 is 47.9 Å². The molecule has 1 aliphatic carbocycles. The van der Waals surface area contributed by atoms with Gasteiger partial charge in [-0.05, 0) is 30.4 Å². The van der Waals surface area contributed by atoms with Crippen molar-refractivity contribution in [3.05, 3.63) is 35.4 Å². The van der Waals surface area contributed by atoms with Gasteiger partial charge in [-0.2, -0.15) is 39.5 Å². The summed E-state index contributed by atoms with van der Waals surface area (Å²) in [6, 6.07) is 4.29. The van der Waals surface area contributed by atoms with Crippen LogP contribution < -0.4 is 4.72 Å². The van der Waals surface area contributed by atoms with Crippen LogP contribution >= 0.6 is 0 Å². The Morgan fingerprint density at radius 3 is 2.00 bits per heavy atom. The highest BCUT2D eigenvalue weighted by Crippen LogP contribution is 2.54. The van der Waals surface area contributed by atoms with Crippen molar-refractivity contribution in [3.63, 3.8) is 0 Å². The second-order valence-corrected chi connectivity index (χ2v) is 7.68. The third kappa shape index (κ3) is 3.39. The number of hydrogen-bond donors (Lipinski definition) is 1. The predicted molar refractivity (Wildman–Crippen MR) is 75.1 cm³/mol. The number of fused-ring (bicyclic) bond motifs is 1. The lowest BCUT2D eigenvalue weighted by Gasteiger charge is -2.34. The number of alkyl halides is 9. The van der Waals surface area contributed by atoms with Crippen LogP contribution in [0, 0.1) is 0 Å². The van der Waals surface area contributed by atoms with Crippen LogP contribution in [0.5, 0.6) is 0 Å². The van der Waals surface area contributed by atoms with Crippen molar-refractivity contribution in [1.29, 1.82) is 0 Å². The van der Waals surface area contributed by atoms with Crippen LogP contribution in [-0.4, -0.2) is 31.7 Å². The maximum absolute atomic E-state index is 13.8. The van der Waals surface area contributed by atoms with Crippen molar-refractivity contribution >= 4 is 10.0 Å². The summed E-state index contributed by atoms with van der Waals surface area (Å²) in [5, 5.41) is -6.73. The van der Waals surface area contributed by atoms with E-state index >= 15 is 0 Å². The summed E-state index contributed by atoms with van der Waals surface area (Å²) in [6.45, 7) is 0. The number of halogens is 9. The summed E-state index contributed by atoms with van der Waals surface area (Å²) >= 11 is 0. The normalized spacial score (nSPS) is 19.7. The summed E-state index contributed by atoms with van der Waals surface area (Å²) < 4.78 is 141. The van der Waals surface area contributed by atoms with E-state index in [1.54, 1.807) is 6.07 Å². The first-order valence-electron chi connectivity index (χ1n) is 7.36. The van der Waals surface area contributed by atoms with Gasteiger partial charge in [0, 0.05) is 6.04 Å². The molecule has 0 saturated carbocycles. The van der Waals surface area contributed by atoms with Gasteiger partial charge in [-0.3, -0.25) is 0 Å². The fraction of sp³-hybridized carbons (Fsp3) is 0.571. The minimum Gasteiger partial charge on any atom is -0.206 e. The highest BCUT2D eigenvalue weighted by atomic mass is 32.2. The fourth-order valence-electron chi connectivity index (χ4n) is 2.67. The second-order valence-electron chi connectivity index (χ2n) is 5.93. The molecule has 0 aromatic heterocycles. The lowest BCUT2D eigenvalue weighted by Crippen LogP contribution is -2.65. The van der Waals surface area contributed by atoms with Crippen LogP contribution in [0.3, 0.4) is 0 Å². The number of rotatable bonds is 5. The monoisotopic (exact) mass is 429 g/mol. The van der Waals surface area contributed by atoms with E-state index in [1.165, 1.54) is 18.2 Å². The molecule has 0 heterocycles. The third-order valence-electron chi connectivity index (χ3n) is 4.12. The minimum absolute atomic E-state index is 0.131. The molecule has 1 unspecified atom stereocenters. The number of aryl methyl sites for hydroxylation is 1. The molecule has 1 aromatic carbocycles. The van der Waals surface area contributed by atoms with E-state index in [-0.39, 0.29) is 18.4 Å². The molecule has 0 amide bonds. The van der Waals surface area contributed by atoms with E-state index in [2.05, 4.69) is 0 Å². The van der Waals surface area contributed by atoms with Crippen LogP contribution in [-0.2, 0) is 16.4 Å². The van der Waals surface area contributed by atoms with E-state index in [0.717, 1.165) is 4.72 Å². The molecule has 0 aliphatic heterocycles. The molecule has 1 aromatic rings. The van der Waals surface area contributed by atoms with Gasteiger partial charge in [0.25, 0.3) is 10.0 Å². The third-order valence-corrected chi connectivity index (χ3v) is 5.65. The van der Waals surface area contributed by atoms with Crippen molar-refractivity contribution in [2.45, 2.75) is 48.6 Å². The molecule has 1 N–H and O–H groups in total. The topological polar surface area (TPSA) is 46.2 Å². The summed E-state index contributed by atoms with van der Waals surface area (Å²) in [6.07, 6.45) is -6.54. The van der Waals surface area contributed by atoms with Crippen LogP contribution in [0.15, 0.2) is 24.3 Å². The maximum atomic E-state index is 13.8. The van der Waals surface area contributed by atoms with Gasteiger partial charge in [0.15, 0.2) is 0 Å². The Hall–Kier alpha value is -1.50. The Morgan fingerprint density at radius 1 is 0.889 bits per heavy atom. The van der Waals surface area contributed by atoms with Gasteiger partial charge < -0.3 is 0 Å². The zero-order valence-corrected chi connectivity index (χ0v) is 14.0. The highest BCUT2D eigenvalue weighted by molar-refractivity contribution is 7.90. The molecule has 2 rings (SSSR count). The molecule has 27 heavy (non-hydrogen) atoms. The molecule has 0 fully saturated rings. The largest absolute Gasteiger partial charge is 0.460 e. The quantitative estimate of drug-likeness (QED) is 0.705. The van der Waals surface area contributed by atoms with Gasteiger partial charge in [-0.1, -0.05) is 24.3 Å². The Balaban J connectivity index is 2.41. The molecule has 1 atom stereocenters. The Bertz CT molecular complexity index is 805. The van der Waals surface area contributed by atoms with Gasteiger partial charge in [0.05, 0.1) is 0 Å². The Kier molecular flexibility index (Phi) is 5.28. The first-order valence-corrected chi connectivity index (χ1v) is 8.84. The molecule has 0 radical (unpaired) electrons. The molecule has 0 bridgehead atoms. The number of nitrogens with one attached hydrogen (secondary N) is 1. The van der Waals surface area contributed by atoms with Gasteiger partial charge in [-0.15, -0.1) is 0 Å². The molecule has 3 nitrogen and oxygen atoms in total. The van der Waals surface area contributed by atoms with Crippen LogP contribution in [0.2, 0.25) is 0 Å². The average Bonchev–Trinajstić information content (AvgIpc) is 2.53. The van der Waals surface area contributed by atoms with Gasteiger partial charge in [-0.25, -0.2) is 13.1 Å². The predicted octanol–water partition coefficient (Wildman–Crippen LogP) is 4.41. The zero-order valence-electron chi connectivity index (χ0n) is 13.1. The highest BCUT2D eigenvalue weighted by Gasteiger charge is 2.85. The van der Waals surface area contributed by atoms with Crippen LogP contribution in [0.4, 0.5) is 39.5 Å². The summed E-state index contributed by atoms with van der Waals surface area (Å²) in [5.74, 6) is -14.5. The van der Waals surface area contributed by atoms with Crippen LogP contribution in [0.1, 0.15) is 30.0 Å². The van der Waals surface area contributed by atoms with E-state index in [0.29, 0.717) is 12.0 Å². The van der Waals surface area contributed by atoms with Gasteiger partial charge >= 0.3 is 23.3 Å². The van der Waals surface area contributed by atoms with Gasteiger partial charge in [0.2, 0.25) is 0 Å². The minimum atomic E-state index is -7.28. The Labute approximate surface area is 147 Å². The summed E-state index contributed by atoms with van der Waals surface area (Å²) in [7, 11) is -6.62. The van der Waals surface area contributed by atoms with Crippen molar-refractivity contribution in [2.24, 2.45) is 0 Å². The van der Waals surface area contributed by atoms with Crippen molar-refractivity contribution in [1.82, 2.24) is 4.72 Å². The summed E-state index contributed by atoms with van der Waals surface area (Å²) in [5.41, 5.74) is 0.654. The summed E-state index contributed by atoms with van der Waals surface area (Å²) in [4.78, 5) is 0. The molecule has 154 valence electrons. The first-order chi connectivity index (χ1) is 12.1. The second kappa shape index (κ2) is 6.54. The SMILES string of the molecule is O=S(=O)(NC1CCCc2ccccc21)C(F)(F)C(F)(F)C(F)(F)C(F)(F)F. The Morgan fingerprint density at radius 2 is 1.44 bits per heavy atom. The van der Waals surface area contributed by atoms with Gasteiger partial charge in [0.1, 0.15) is 0 Å². The molecular formula is C14H12F9NO2S. The smallest absolute Gasteiger partial charge is 0.206 e. The molecule has 0 saturated heterocycles. The average molecular weight is 429 g/mol. The maximum Gasteiger partial charge on any atom is 0.460 e. The molecule has 13 heteroatoms. The standard InChI is InChI=1S/C14H12F9NO2S/c15-11(16,13(19,20)21)12(17,18)14(22,23)27(25,26)24-10-7-3-5-8-4-1-2-6-9(8)10/h1-2,4,6,10,24H,3,5,7H2. The number of hydrogen-bond acceptors (Lipinski definition) is 2. The van der Waals surface area contributed by atoms with Crippen molar-refractivity contribution in [3.8, 4) is 0 Å². The first kappa shape index (κ1) is 21.8. The zero-order chi connectivity index (χ0) is 20.9. The lowest BCUT2D eigenvalue weighted by molar-refractivity contribution is -0.382. The number of sulfonamides is 1. The lowest BCUT2D eigenvalue weighted by atomic mass is 9.88. The van der Waals surface area contributed by atoms with E-state index < -0.39 is 39.3 Å². The fourth-order valence-corrected chi connectivity index (χ4v) is 3.90. The number of benzene rings is 1. The molecular weight excluding hydrogens is 417 g/mol. The van der Waals surface area contributed by atoms with E-state index in [1.807, 2.05) is 0 Å². The van der Waals surface area contributed by atoms with E-state index in [4.69, 9.17) is 0 Å². The van der Waals surface area contributed by atoms with Crippen molar-refractivity contribution in [2.75, 3.05) is 0 Å². The van der Waals surface area contributed by atoms with E-state index in [9.17, 15) is 47.9 Å².